The topological polar surface area (TPSA) is 59.8 Å². The van der Waals surface area contributed by atoms with Crippen LogP contribution in [0, 0.1) is 5.82 Å². The number of fused-ring (bicyclic) bond motifs is 1. The van der Waals surface area contributed by atoms with E-state index in [9.17, 15) is 9.18 Å². The number of carbonyl (C=O) groups is 1. The van der Waals surface area contributed by atoms with Gasteiger partial charge >= 0.3 is 0 Å². The van der Waals surface area contributed by atoms with E-state index in [-0.39, 0.29) is 24.2 Å². The van der Waals surface area contributed by atoms with Crippen molar-refractivity contribution >= 4 is 11.9 Å². The van der Waals surface area contributed by atoms with Crippen LogP contribution in [0.25, 0.3) is 0 Å². The molecular formula is C11H9FN4O. The van der Waals surface area contributed by atoms with Crippen molar-refractivity contribution in [1.82, 2.24) is 14.8 Å². The van der Waals surface area contributed by atoms with Crippen molar-refractivity contribution in [2.45, 2.75) is 12.5 Å². The molecule has 0 bridgehead atoms. The van der Waals surface area contributed by atoms with Crippen LogP contribution in [0.1, 0.15) is 18.0 Å². The molecule has 0 unspecified atom stereocenters. The van der Waals surface area contributed by atoms with Gasteiger partial charge in [-0.1, -0.05) is 12.1 Å². The van der Waals surface area contributed by atoms with Crippen molar-refractivity contribution in [3.05, 3.63) is 42.0 Å². The van der Waals surface area contributed by atoms with Crippen LogP contribution in [0.3, 0.4) is 0 Å². The molecule has 1 aliphatic rings. The molecule has 2 heterocycles. The molecule has 1 amide bonds. The average Bonchev–Trinajstić information content (AvgIpc) is 2.77. The lowest BCUT2D eigenvalue weighted by Crippen LogP contribution is -2.29. The van der Waals surface area contributed by atoms with Gasteiger partial charge in [-0.05, 0) is 17.7 Å². The van der Waals surface area contributed by atoms with Crippen LogP contribution in [0.5, 0.6) is 0 Å². The molecule has 0 spiro atoms. The molecule has 3 rings (SSSR count). The van der Waals surface area contributed by atoms with E-state index in [1.807, 2.05) is 0 Å². The third kappa shape index (κ3) is 1.67. The van der Waals surface area contributed by atoms with Crippen LogP contribution in [0.2, 0.25) is 0 Å². The zero-order chi connectivity index (χ0) is 11.8. The highest BCUT2D eigenvalue weighted by Crippen LogP contribution is 2.27. The maximum Gasteiger partial charge on any atom is 0.229 e. The Kier molecular flexibility index (Phi) is 2.14. The molecule has 1 aromatic heterocycles. The van der Waals surface area contributed by atoms with Gasteiger partial charge in [0.2, 0.25) is 11.9 Å². The van der Waals surface area contributed by atoms with E-state index >= 15 is 0 Å². The largest absolute Gasteiger partial charge is 0.295 e. The minimum Gasteiger partial charge on any atom is -0.295 e. The highest BCUT2D eigenvalue weighted by atomic mass is 19.1. The van der Waals surface area contributed by atoms with Crippen LogP contribution < -0.4 is 5.32 Å². The number of aromatic nitrogens is 3. The number of rotatable bonds is 1. The van der Waals surface area contributed by atoms with Gasteiger partial charge in [0.1, 0.15) is 12.1 Å². The van der Waals surface area contributed by atoms with Gasteiger partial charge in [0.05, 0.1) is 12.5 Å². The molecular weight excluding hydrogens is 223 g/mol. The van der Waals surface area contributed by atoms with Crippen molar-refractivity contribution in [3.63, 3.8) is 0 Å². The predicted molar refractivity (Wildman–Crippen MR) is 57.8 cm³/mol. The van der Waals surface area contributed by atoms with Crippen LogP contribution in [-0.4, -0.2) is 20.7 Å². The number of hydrogen-bond donors (Lipinski definition) is 1. The summed E-state index contributed by atoms with van der Waals surface area (Å²) in [6.45, 7) is 0. The summed E-state index contributed by atoms with van der Waals surface area (Å²) in [5.74, 6) is 0.0169. The molecule has 17 heavy (non-hydrogen) atoms. The fourth-order valence-electron chi connectivity index (χ4n) is 1.95. The highest BCUT2D eigenvalue weighted by molar-refractivity contribution is 5.91. The van der Waals surface area contributed by atoms with Gasteiger partial charge in [0.25, 0.3) is 0 Å². The van der Waals surface area contributed by atoms with Crippen LogP contribution >= 0.6 is 0 Å². The third-order valence-electron chi connectivity index (χ3n) is 2.75. The van der Waals surface area contributed by atoms with Crippen molar-refractivity contribution in [3.8, 4) is 0 Å². The van der Waals surface area contributed by atoms with Crippen molar-refractivity contribution in [1.29, 1.82) is 0 Å². The molecule has 1 atom stereocenters. The molecule has 5 nitrogen and oxygen atoms in total. The summed E-state index contributed by atoms with van der Waals surface area (Å²) in [5, 5.41) is 6.70. The van der Waals surface area contributed by atoms with E-state index < -0.39 is 0 Å². The molecule has 0 saturated heterocycles. The van der Waals surface area contributed by atoms with Crippen molar-refractivity contribution in [2.24, 2.45) is 0 Å². The van der Waals surface area contributed by atoms with Gasteiger partial charge in [0.15, 0.2) is 0 Å². The molecule has 0 fully saturated rings. The number of hydrogen-bond acceptors (Lipinski definition) is 3. The monoisotopic (exact) mass is 232 g/mol. The number of nitrogens with one attached hydrogen (secondary N) is 1. The van der Waals surface area contributed by atoms with Gasteiger partial charge in [-0.3, -0.25) is 10.1 Å². The number of carbonyl (C=O) groups excluding carboxylic acids is 1. The van der Waals surface area contributed by atoms with E-state index in [2.05, 4.69) is 15.4 Å². The quantitative estimate of drug-likeness (QED) is 0.807. The maximum atomic E-state index is 12.9. The first-order valence-corrected chi connectivity index (χ1v) is 5.19. The first-order chi connectivity index (χ1) is 8.24. The molecule has 0 aliphatic carbocycles. The minimum atomic E-state index is -0.298. The summed E-state index contributed by atoms with van der Waals surface area (Å²) in [5.41, 5.74) is 0.841. The summed E-state index contributed by atoms with van der Waals surface area (Å²) in [6.07, 6.45) is 1.67. The Balaban J connectivity index is 2.04. The second kappa shape index (κ2) is 3.65. The van der Waals surface area contributed by atoms with E-state index in [4.69, 9.17) is 0 Å². The zero-order valence-electron chi connectivity index (χ0n) is 8.80. The van der Waals surface area contributed by atoms with E-state index in [1.165, 1.54) is 18.5 Å². The fraction of sp³-hybridized carbons (Fsp3) is 0.182. The summed E-state index contributed by atoms with van der Waals surface area (Å²) < 4.78 is 14.5. The Morgan fingerprint density at radius 1 is 1.35 bits per heavy atom. The molecule has 2 aromatic rings. The number of benzene rings is 1. The number of nitrogens with zero attached hydrogens (tertiary/aromatic N) is 3. The highest BCUT2D eigenvalue weighted by Gasteiger charge is 2.27. The second-order valence-corrected chi connectivity index (χ2v) is 3.85. The van der Waals surface area contributed by atoms with Gasteiger partial charge in [-0.2, -0.15) is 10.1 Å². The van der Waals surface area contributed by atoms with Crippen LogP contribution in [-0.2, 0) is 4.79 Å². The lowest BCUT2D eigenvalue weighted by molar-refractivity contribution is -0.117. The smallest absolute Gasteiger partial charge is 0.229 e. The average molecular weight is 232 g/mol. The minimum absolute atomic E-state index is 0.111. The molecule has 0 radical (unpaired) electrons. The lowest BCUT2D eigenvalue weighted by Gasteiger charge is -2.23. The summed E-state index contributed by atoms with van der Waals surface area (Å²) in [6, 6.07) is 5.84. The van der Waals surface area contributed by atoms with Gasteiger partial charge in [0, 0.05) is 0 Å². The predicted octanol–water partition coefficient (Wildman–Crippen LogP) is 1.35. The van der Waals surface area contributed by atoms with Crippen molar-refractivity contribution < 1.29 is 9.18 Å². The Bertz CT molecular complexity index is 563. The van der Waals surface area contributed by atoms with E-state index in [0.717, 1.165) is 5.56 Å². The van der Waals surface area contributed by atoms with Gasteiger partial charge in [-0.15, -0.1) is 0 Å². The molecule has 1 aromatic carbocycles. The van der Waals surface area contributed by atoms with Gasteiger partial charge < -0.3 is 0 Å². The first-order valence-electron chi connectivity index (χ1n) is 5.19. The summed E-state index contributed by atoms with van der Waals surface area (Å²) in [4.78, 5) is 15.5. The van der Waals surface area contributed by atoms with E-state index in [0.29, 0.717) is 5.95 Å². The Labute approximate surface area is 96.3 Å². The van der Waals surface area contributed by atoms with Crippen LogP contribution in [0.4, 0.5) is 10.3 Å². The summed E-state index contributed by atoms with van der Waals surface area (Å²) >= 11 is 0. The lowest BCUT2D eigenvalue weighted by atomic mass is 10.0. The van der Waals surface area contributed by atoms with Crippen LogP contribution in [0.15, 0.2) is 30.6 Å². The molecule has 1 aliphatic heterocycles. The number of anilines is 1. The zero-order valence-corrected chi connectivity index (χ0v) is 8.80. The molecule has 1 N–H and O–H groups in total. The van der Waals surface area contributed by atoms with Gasteiger partial charge in [-0.25, -0.2) is 9.07 Å². The normalized spacial score (nSPS) is 18.6. The summed E-state index contributed by atoms with van der Waals surface area (Å²) in [7, 11) is 0. The number of amides is 1. The Hall–Kier alpha value is -2.24. The molecule has 86 valence electrons. The maximum absolute atomic E-state index is 12.9. The standard InChI is InChI=1S/C11H9FN4O/c12-8-3-1-7(2-4-8)9-5-10(17)15-11-13-6-14-16(9)11/h1-4,6,9H,5H2,(H,13,14,15,17)/t9-/m1/s1. The van der Waals surface area contributed by atoms with Crippen molar-refractivity contribution in [2.75, 3.05) is 5.32 Å². The molecule has 0 saturated carbocycles. The number of halogens is 1. The molecule has 6 heteroatoms. The Morgan fingerprint density at radius 3 is 2.88 bits per heavy atom. The third-order valence-corrected chi connectivity index (χ3v) is 2.75. The first kappa shape index (κ1) is 9.95. The SMILES string of the molecule is O=C1C[C@H](c2ccc(F)cc2)n2ncnc2N1. The fourth-order valence-corrected chi connectivity index (χ4v) is 1.95. The van der Waals surface area contributed by atoms with E-state index in [1.54, 1.807) is 16.8 Å². The Morgan fingerprint density at radius 2 is 2.12 bits per heavy atom. The second-order valence-electron chi connectivity index (χ2n) is 3.85.